The molecule has 3 rings (SSSR count). The Morgan fingerprint density at radius 3 is 2.09 bits per heavy atom. The minimum Gasteiger partial charge on any atom is -0.466 e. The first-order chi connectivity index (χ1) is 15.7. The summed E-state index contributed by atoms with van der Waals surface area (Å²) in [7, 11) is 3.80. The van der Waals surface area contributed by atoms with Crippen LogP contribution in [-0.2, 0) is 29.5 Å². The molecule has 0 spiro atoms. The topological polar surface area (TPSA) is 93.1 Å². The van der Waals surface area contributed by atoms with Gasteiger partial charge in [0.25, 0.3) is 0 Å². The Morgan fingerprint density at radius 2 is 1.55 bits per heavy atom. The van der Waals surface area contributed by atoms with Crippen LogP contribution in [-0.4, -0.2) is 50.1 Å². The van der Waals surface area contributed by atoms with Gasteiger partial charge in [0, 0.05) is 32.1 Å². The van der Waals surface area contributed by atoms with Crippen molar-refractivity contribution in [3.8, 4) is 0 Å². The lowest BCUT2D eigenvalue weighted by atomic mass is 9.59. The summed E-state index contributed by atoms with van der Waals surface area (Å²) in [5.74, 6) is -5.19. The average Bonchev–Trinajstić information content (AvgIpc) is 2.79. The molecule has 0 unspecified atom stereocenters. The Bertz CT molecular complexity index is 988. The van der Waals surface area contributed by atoms with Crippen LogP contribution in [0.4, 0.5) is 5.69 Å². The maximum absolute atomic E-state index is 13.4. The van der Waals surface area contributed by atoms with E-state index >= 15 is 0 Å². The van der Waals surface area contributed by atoms with Gasteiger partial charge in [-0.2, -0.15) is 0 Å². The van der Waals surface area contributed by atoms with Crippen LogP contribution in [0.3, 0.4) is 0 Å². The van der Waals surface area contributed by atoms with Crippen molar-refractivity contribution in [1.29, 1.82) is 0 Å². The lowest BCUT2D eigenvalue weighted by molar-refractivity contribution is -0.176. The number of ketones is 1. The third-order valence-electron chi connectivity index (χ3n) is 6.17. The van der Waals surface area contributed by atoms with Crippen LogP contribution >= 0.6 is 0 Å². The van der Waals surface area contributed by atoms with Gasteiger partial charge in [0.2, 0.25) is 0 Å². The Hall–Kier alpha value is -3.19. The molecule has 1 aliphatic rings. The van der Waals surface area contributed by atoms with Crippen molar-refractivity contribution in [3.05, 3.63) is 65.7 Å². The fourth-order valence-electron chi connectivity index (χ4n) is 4.65. The number of aliphatic hydroxyl groups is 1. The number of anilines is 1. The zero-order chi connectivity index (χ0) is 24.2. The largest absolute Gasteiger partial charge is 0.466 e. The van der Waals surface area contributed by atoms with Gasteiger partial charge in [-0.1, -0.05) is 42.5 Å². The summed E-state index contributed by atoms with van der Waals surface area (Å²) in [6.45, 7) is 3.54. The SMILES string of the molecule is CCOC(=O)[C@H]1C(=O)C[C@@](O)(c2ccccc2)[C@@H](C(=O)OCC)[C@@H]1c1ccc(N(C)C)cc1. The van der Waals surface area contributed by atoms with Gasteiger partial charge in [0.1, 0.15) is 11.5 Å². The first-order valence-electron chi connectivity index (χ1n) is 11.2. The van der Waals surface area contributed by atoms with Gasteiger partial charge in [0.05, 0.1) is 19.1 Å². The second kappa shape index (κ2) is 10.2. The van der Waals surface area contributed by atoms with Gasteiger partial charge in [-0.25, -0.2) is 0 Å². The van der Waals surface area contributed by atoms with E-state index in [1.165, 1.54) is 0 Å². The maximum Gasteiger partial charge on any atom is 0.317 e. The molecule has 176 valence electrons. The summed E-state index contributed by atoms with van der Waals surface area (Å²) in [6, 6.07) is 15.9. The van der Waals surface area contributed by atoms with E-state index in [1.54, 1.807) is 56.3 Å². The number of hydrogen-bond acceptors (Lipinski definition) is 7. The Balaban J connectivity index is 2.23. The van der Waals surface area contributed by atoms with E-state index in [1.807, 2.05) is 31.1 Å². The molecule has 0 radical (unpaired) electrons. The van der Waals surface area contributed by atoms with E-state index in [9.17, 15) is 19.5 Å². The highest BCUT2D eigenvalue weighted by atomic mass is 16.5. The van der Waals surface area contributed by atoms with Crippen LogP contribution in [0.15, 0.2) is 54.6 Å². The summed E-state index contributed by atoms with van der Waals surface area (Å²) < 4.78 is 10.6. The molecule has 0 aliphatic heterocycles. The molecule has 1 N–H and O–H groups in total. The van der Waals surface area contributed by atoms with Crippen LogP contribution in [0.25, 0.3) is 0 Å². The number of esters is 2. The van der Waals surface area contributed by atoms with Gasteiger partial charge >= 0.3 is 11.9 Å². The zero-order valence-corrected chi connectivity index (χ0v) is 19.5. The number of benzene rings is 2. The summed E-state index contributed by atoms with van der Waals surface area (Å²) in [6.07, 6.45) is -0.393. The first kappa shape index (κ1) is 24.5. The first-order valence-corrected chi connectivity index (χ1v) is 11.2. The normalized spacial score (nSPS) is 24.8. The van der Waals surface area contributed by atoms with Crippen molar-refractivity contribution in [2.24, 2.45) is 11.8 Å². The molecule has 7 nitrogen and oxygen atoms in total. The Morgan fingerprint density at radius 1 is 0.970 bits per heavy atom. The molecule has 7 heteroatoms. The maximum atomic E-state index is 13.4. The van der Waals surface area contributed by atoms with Gasteiger partial charge in [0.15, 0.2) is 5.78 Å². The fraction of sp³-hybridized carbons (Fsp3) is 0.423. The van der Waals surface area contributed by atoms with E-state index in [0.717, 1.165) is 5.69 Å². The van der Waals surface area contributed by atoms with Crippen LogP contribution in [0.2, 0.25) is 0 Å². The quantitative estimate of drug-likeness (QED) is 0.509. The van der Waals surface area contributed by atoms with Gasteiger partial charge < -0.3 is 19.5 Å². The zero-order valence-electron chi connectivity index (χ0n) is 19.5. The molecule has 2 aromatic carbocycles. The van der Waals surface area contributed by atoms with Gasteiger partial charge in [-0.15, -0.1) is 0 Å². The van der Waals surface area contributed by atoms with Crippen molar-refractivity contribution in [3.63, 3.8) is 0 Å². The van der Waals surface area contributed by atoms with E-state index in [4.69, 9.17) is 9.47 Å². The molecule has 0 saturated heterocycles. The molecule has 0 aromatic heterocycles. The molecule has 0 bridgehead atoms. The van der Waals surface area contributed by atoms with Crippen molar-refractivity contribution in [2.45, 2.75) is 31.8 Å². The number of carbonyl (C=O) groups is 3. The van der Waals surface area contributed by atoms with E-state index in [2.05, 4.69) is 0 Å². The second-order valence-corrected chi connectivity index (χ2v) is 8.40. The average molecular weight is 454 g/mol. The van der Waals surface area contributed by atoms with Crippen molar-refractivity contribution < 1.29 is 29.0 Å². The third-order valence-corrected chi connectivity index (χ3v) is 6.17. The third kappa shape index (κ3) is 4.78. The number of hydrogen-bond donors (Lipinski definition) is 1. The molecule has 0 heterocycles. The molecule has 1 fully saturated rings. The van der Waals surface area contributed by atoms with E-state index in [-0.39, 0.29) is 13.2 Å². The molecular weight excluding hydrogens is 422 g/mol. The van der Waals surface area contributed by atoms with Crippen LogP contribution < -0.4 is 4.90 Å². The second-order valence-electron chi connectivity index (χ2n) is 8.40. The lowest BCUT2D eigenvalue weighted by Crippen LogP contribution is -2.55. The van der Waals surface area contributed by atoms with Crippen LogP contribution in [0.1, 0.15) is 37.3 Å². The number of Topliss-reactive ketones (excluding diaryl/α,β-unsaturated/α-hetero) is 1. The highest BCUT2D eigenvalue weighted by Gasteiger charge is 2.59. The minimum atomic E-state index is -1.83. The summed E-state index contributed by atoms with van der Waals surface area (Å²) in [5.41, 5.74) is 0.0886. The lowest BCUT2D eigenvalue weighted by Gasteiger charge is -2.45. The van der Waals surface area contributed by atoms with Crippen LogP contribution in [0, 0.1) is 11.8 Å². The predicted molar refractivity (Wildman–Crippen MR) is 124 cm³/mol. The van der Waals surface area contributed by atoms with Crippen molar-refractivity contribution in [2.75, 3.05) is 32.2 Å². The predicted octanol–water partition coefficient (Wildman–Crippen LogP) is 3.06. The molecule has 1 saturated carbocycles. The van der Waals surface area contributed by atoms with Gasteiger partial charge in [-0.05, 0) is 37.1 Å². The monoisotopic (exact) mass is 453 g/mol. The number of rotatable bonds is 7. The Kier molecular flexibility index (Phi) is 7.53. The molecule has 1 aliphatic carbocycles. The summed E-state index contributed by atoms with van der Waals surface area (Å²) in [5, 5.41) is 11.9. The van der Waals surface area contributed by atoms with E-state index in [0.29, 0.717) is 11.1 Å². The molecule has 33 heavy (non-hydrogen) atoms. The van der Waals surface area contributed by atoms with Crippen LogP contribution in [0.5, 0.6) is 0 Å². The standard InChI is InChI=1S/C26H31NO6/c1-5-32-24(29)22-20(28)16-26(31,18-10-8-7-9-11-18)23(25(30)33-6-2)21(22)17-12-14-19(15-13-17)27(3)4/h7-15,21-23,31H,5-6,16H2,1-4H3/t21-,22+,23-,26-/m1/s1. The highest BCUT2D eigenvalue weighted by molar-refractivity contribution is 6.03. The molecule has 2 aromatic rings. The fourth-order valence-corrected chi connectivity index (χ4v) is 4.65. The molecular formula is C26H31NO6. The summed E-state index contributed by atoms with van der Waals surface area (Å²) >= 11 is 0. The van der Waals surface area contributed by atoms with Gasteiger partial charge in [-0.3, -0.25) is 14.4 Å². The number of ether oxygens (including phenoxy) is 2. The minimum absolute atomic E-state index is 0.0991. The molecule has 4 atom stereocenters. The van der Waals surface area contributed by atoms with Crippen molar-refractivity contribution in [1.82, 2.24) is 0 Å². The van der Waals surface area contributed by atoms with E-state index < -0.39 is 47.5 Å². The summed E-state index contributed by atoms with van der Waals surface area (Å²) in [4.78, 5) is 41.6. The number of nitrogens with zero attached hydrogens (tertiary/aromatic N) is 1. The number of carbonyl (C=O) groups excluding carboxylic acids is 3. The van der Waals surface area contributed by atoms with Crippen molar-refractivity contribution >= 4 is 23.4 Å². The smallest absolute Gasteiger partial charge is 0.317 e. The molecule has 0 amide bonds. The Labute approximate surface area is 194 Å². The highest BCUT2D eigenvalue weighted by Crippen LogP contribution is 2.51.